The molecule has 19 heavy (non-hydrogen) atoms. The van der Waals surface area contributed by atoms with Gasteiger partial charge >= 0.3 is 5.97 Å². The zero-order chi connectivity index (χ0) is 14.4. The van der Waals surface area contributed by atoms with Gasteiger partial charge in [0.2, 0.25) is 0 Å². The monoisotopic (exact) mass is 267 g/mol. The molecule has 1 aromatic rings. The number of hydrogen-bond donors (Lipinski definition) is 1. The highest BCUT2D eigenvalue weighted by molar-refractivity contribution is 5.67. The number of aliphatic carboxylic acids is 1. The number of ether oxygens (including phenoxy) is 2. The van der Waals surface area contributed by atoms with E-state index < -0.39 is 5.97 Å². The van der Waals surface area contributed by atoms with E-state index in [1.807, 2.05) is 37.1 Å². The molecule has 0 saturated heterocycles. The molecule has 0 aliphatic heterocycles. The Labute approximate surface area is 113 Å². The summed E-state index contributed by atoms with van der Waals surface area (Å²) in [7, 11) is 5.12. The molecule has 0 bridgehead atoms. The number of carboxylic acid groups (broad SMARTS) is 1. The lowest BCUT2D eigenvalue weighted by Crippen LogP contribution is -2.25. The number of hydrogen-bond acceptors (Lipinski definition) is 4. The molecule has 0 spiro atoms. The van der Waals surface area contributed by atoms with Gasteiger partial charge in [0, 0.05) is 31.8 Å². The summed E-state index contributed by atoms with van der Waals surface area (Å²) in [6.07, 6.45) is 0.164. The highest BCUT2D eigenvalue weighted by Crippen LogP contribution is 2.31. The molecular weight excluding hydrogens is 246 g/mol. The van der Waals surface area contributed by atoms with Crippen LogP contribution < -0.4 is 14.4 Å². The van der Waals surface area contributed by atoms with E-state index in [-0.39, 0.29) is 12.3 Å². The molecule has 0 fully saturated rings. The normalized spacial score (nSPS) is 11.8. The minimum absolute atomic E-state index is 0.0793. The molecule has 1 atom stereocenters. The van der Waals surface area contributed by atoms with Crippen molar-refractivity contribution in [3.63, 3.8) is 0 Å². The van der Waals surface area contributed by atoms with E-state index in [0.717, 1.165) is 5.69 Å². The van der Waals surface area contributed by atoms with Crippen molar-refractivity contribution in [1.82, 2.24) is 0 Å². The van der Waals surface area contributed by atoms with Crippen molar-refractivity contribution < 1.29 is 19.4 Å². The van der Waals surface area contributed by atoms with Crippen LogP contribution in [0.15, 0.2) is 18.2 Å². The van der Waals surface area contributed by atoms with Crippen molar-refractivity contribution in [2.75, 3.05) is 32.7 Å². The molecule has 0 aromatic heterocycles. The van der Waals surface area contributed by atoms with Crippen LogP contribution in [0.5, 0.6) is 11.5 Å². The summed E-state index contributed by atoms with van der Waals surface area (Å²) in [4.78, 5) is 12.7. The molecule has 0 saturated carbocycles. The lowest BCUT2D eigenvalue weighted by atomic mass is 10.1. The second kappa shape index (κ2) is 6.87. The standard InChI is InChI=1S/C14H21NO4/c1-10(7-14(16)17)9-15(2)11-5-6-12(18-3)13(8-11)19-4/h5-6,8,10H,7,9H2,1-4H3,(H,16,17). The van der Waals surface area contributed by atoms with Crippen LogP contribution >= 0.6 is 0 Å². The van der Waals surface area contributed by atoms with E-state index >= 15 is 0 Å². The van der Waals surface area contributed by atoms with E-state index in [2.05, 4.69) is 0 Å². The number of methoxy groups -OCH3 is 2. The van der Waals surface area contributed by atoms with Gasteiger partial charge in [0.25, 0.3) is 0 Å². The first-order valence-corrected chi connectivity index (χ1v) is 6.12. The molecule has 5 heteroatoms. The maximum atomic E-state index is 10.7. The number of benzene rings is 1. The molecule has 0 heterocycles. The largest absolute Gasteiger partial charge is 0.493 e. The summed E-state index contributed by atoms with van der Waals surface area (Å²) in [6.45, 7) is 2.59. The van der Waals surface area contributed by atoms with Crippen LogP contribution in [0.1, 0.15) is 13.3 Å². The van der Waals surface area contributed by atoms with Gasteiger partial charge in [-0.15, -0.1) is 0 Å². The molecule has 106 valence electrons. The first-order chi connectivity index (χ1) is 8.97. The van der Waals surface area contributed by atoms with Crippen molar-refractivity contribution in [2.45, 2.75) is 13.3 Å². The zero-order valence-corrected chi connectivity index (χ0v) is 11.8. The van der Waals surface area contributed by atoms with Gasteiger partial charge in [-0.1, -0.05) is 6.92 Å². The Kier molecular flexibility index (Phi) is 5.48. The van der Waals surface area contributed by atoms with Crippen molar-refractivity contribution in [3.05, 3.63) is 18.2 Å². The number of nitrogens with zero attached hydrogens (tertiary/aromatic N) is 1. The van der Waals surface area contributed by atoms with Crippen molar-refractivity contribution >= 4 is 11.7 Å². The molecule has 1 aromatic carbocycles. The summed E-state index contributed by atoms with van der Waals surface area (Å²) in [5.74, 6) is 0.653. The average molecular weight is 267 g/mol. The van der Waals surface area contributed by atoms with Crippen LogP contribution in [0.2, 0.25) is 0 Å². The van der Waals surface area contributed by atoms with Gasteiger partial charge < -0.3 is 19.5 Å². The number of anilines is 1. The Balaban J connectivity index is 2.76. The number of rotatable bonds is 7. The van der Waals surface area contributed by atoms with Crippen LogP contribution in [0.25, 0.3) is 0 Å². The summed E-state index contributed by atoms with van der Waals surface area (Å²) in [6, 6.07) is 5.65. The fourth-order valence-corrected chi connectivity index (χ4v) is 2.00. The molecule has 0 radical (unpaired) electrons. The Morgan fingerprint density at radius 1 is 1.32 bits per heavy atom. The van der Waals surface area contributed by atoms with Gasteiger partial charge in [0.15, 0.2) is 11.5 Å². The third-order valence-corrected chi connectivity index (χ3v) is 2.92. The topological polar surface area (TPSA) is 59.0 Å². The second-order valence-corrected chi connectivity index (χ2v) is 4.62. The van der Waals surface area contributed by atoms with Gasteiger partial charge in [-0.25, -0.2) is 0 Å². The molecular formula is C14H21NO4. The van der Waals surface area contributed by atoms with E-state index in [9.17, 15) is 4.79 Å². The van der Waals surface area contributed by atoms with Crippen LogP contribution in [0, 0.1) is 5.92 Å². The predicted molar refractivity (Wildman–Crippen MR) is 74.2 cm³/mol. The summed E-state index contributed by atoms with van der Waals surface area (Å²) < 4.78 is 10.4. The Hall–Kier alpha value is -1.91. The lowest BCUT2D eigenvalue weighted by molar-refractivity contribution is -0.137. The highest BCUT2D eigenvalue weighted by Gasteiger charge is 2.12. The second-order valence-electron chi connectivity index (χ2n) is 4.62. The van der Waals surface area contributed by atoms with Gasteiger partial charge in [-0.3, -0.25) is 4.79 Å². The van der Waals surface area contributed by atoms with Crippen LogP contribution in [0.4, 0.5) is 5.69 Å². The number of carbonyl (C=O) groups is 1. The Morgan fingerprint density at radius 3 is 2.47 bits per heavy atom. The summed E-state index contributed by atoms with van der Waals surface area (Å²) >= 11 is 0. The van der Waals surface area contributed by atoms with E-state index in [1.54, 1.807) is 14.2 Å². The molecule has 5 nitrogen and oxygen atoms in total. The molecule has 1 N–H and O–H groups in total. The average Bonchev–Trinajstić information content (AvgIpc) is 2.36. The first kappa shape index (κ1) is 15.1. The quantitative estimate of drug-likeness (QED) is 0.821. The van der Waals surface area contributed by atoms with E-state index in [1.165, 1.54) is 0 Å². The van der Waals surface area contributed by atoms with Gasteiger partial charge in [-0.2, -0.15) is 0 Å². The third kappa shape index (κ3) is 4.35. The lowest BCUT2D eigenvalue weighted by Gasteiger charge is -2.23. The van der Waals surface area contributed by atoms with Gasteiger partial charge in [0.1, 0.15) is 0 Å². The van der Waals surface area contributed by atoms with Crippen molar-refractivity contribution in [3.8, 4) is 11.5 Å². The molecule has 0 aliphatic rings. The maximum absolute atomic E-state index is 10.7. The van der Waals surface area contributed by atoms with Crippen molar-refractivity contribution in [1.29, 1.82) is 0 Å². The SMILES string of the molecule is COc1ccc(N(C)CC(C)CC(=O)O)cc1OC. The predicted octanol–water partition coefficient (Wildman–Crippen LogP) is 2.25. The first-order valence-electron chi connectivity index (χ1n) is 6.12. The molecule has 1 rings (SSSR count). The van der Waals surface area contributed by atoms with Crippen LogP contribution in [-0.4, -0.2) is 38.9 Å². The Morgan fingerprint density at radius 2 is 1.95 bits per heavy atom. The summed E-state index contributed by atoms with van der Waals surface area (Å²) in [5.41, 5.74) is 0.967. The molecule has 0 aliphatic carbocycles. The van der Waals surface area contributed by atoms with Crippen LogP contribution in [-0.2, 0) is 4.79 Å². The van der Waals surface area contributed by atoms with Crippen molar-refractivity contribution in [2.24, 2.45) is 5.92 Å². The molecule has 1 unspecified atom stereocenters. The van der Waals surface area contributed by atoms with E-state index in [4.69, 9.17) is 14.6 Å². The highest BCUT2D eigenvalue weighted by atomic mass is 16.5. The fourth-order valence-electron chi connectivity index (χ4n) is 2.00. The third-order valence-electron chi connectivity index (χ3n) is 2.92. The fraction of sp³-hybridized carbons (Fsp3) is 0.500. The number of carboxylic acids is 1. The van der Waals surface area contributed by atoms with Crippen LogP contribution in [0.3, 0.4) is 0 Å². The van der Waals surface area contributed by atoms with Gasteiger partial charge in [-0.05, 0) is 18.1 Å². The Bertz CT molecular complexity index is 433. The molecule has 0 amide bonds. The zero-order valence-electron chi connectivity index (χ0n) is 11.8. The minimum Gasteiger partial charge on any atom is -0.493 e. The van der Waals surface area contributed by atoms with Gasteiger partial charge in [0.05, 0.1) is 14.2 Å². The maximum Gasteiger partial charge on any atom is 0.303 e. The van der Waals surface area contributed by atoms with E-state index in [0.29, 0.717) is 18.0 Å². The smallest absolute Gasteiger partial charge is 0.303 e. The summed E-state index contributed by atoms with van der Waals surface area (Å²) in [5, 5.41) is 8.76. The minimum atomic E-state index is -0.770.